The molecule has 0 radical (unpaired) electrons. The molecular formula is C29H44O3. The van der Waals surface area contributed by atoms with Crippen LogP contribution < -0.4 is 0 Å². The third kappa shape index (κ3) is 8.00. The average Bonchev–Trinajstić information content (AvgIpc) is 2.79. The summed E-state index contributed by atoms with van der Waals surface area (Å²) >= 11 is 0. The summed E-state index contributed by atoms with van der Waals surface area (Å²) in [6.45, 7) is 20.2. The number of esters is 1. The average molecular weight is 441 g/mol. The Kier molecular flexibility index (Phi) is 12.1. The first-order chi connectivity index (χ1) is 15.2. The van der Waals surface area contributed by atoms with Gasteiger partial charge in [-0.05, 0) is 69.8 Å². The van der Waals surface area contributed by atoms with Gasteiger partial charge in [0.1, 0.15) is 11.5 Å². The van der Waals surface area contributed by atoms with Gasteiger partial charge >= 0.3 is 5.97 Å². The minimum Gasteiger partial charge on any atom is -0.491 e. The van der Waals surface area contributed by atoms with Crippen LogP contribution in [-0.4, -0.2) is 12.1 Å². The highest BCUT2D eigenvalue weighted by Crippen LogP contribution is 2.49. The summed E-state index contributed by atoms with van der Waals surface area (Å²) in [6, 6.07) is 0. The van der Waals surface area contributed by atoms with Crippen molar-refractivity contribution in [1.29, 1.82) is 0 Å². The Bertz CT molecular complexity index is 757. The van der Waals surface area contributed by atoms with E-state index in [1.54, 1.807) is 0 Å². The summed E-state index contributed by atoms with van der Waals surface area (Å²) in [5.41, 5.74) is 2.42. The summed E-state index contributed by atoms with van der Waals surface area (Å²) in [5.74, 6) is 0.714. The van der Waals surface area contributed by atoms with Crippen molar-refractivity contribution in [3.8, 4) is 0 Å². The lowest BCUT2D eigenvalue weighted by Crippen LogP contribution is -2.28. The van der Waals surface area contributed by atoms with E-state index < -0.39 is 0 Å². The molecule has 0 aliphatic heterocycles. The Morgan fingerprint density at radius 1 is 0.875 bits per heavy atom. The predicted octanol–water partition coefficient (Wildman–Crippen LogP) is 8.37. The molecule has 1 aliphatic carbocycles. The molecular weight excluding hydrogens is 396 g/mol. The van der Waals surface area contributed by atoms with Crippen LogP contribution in [0.4, 0.5) is 0 Å². The lowest BCUT2D eigenvalue weighted by molar-refractivity contribution is -0.143. The molecule has 0 spiro atoms. The molecule has 0 saturated heterocycles. The van der Waals surface area contributed by atoms with Gasteiger partial charge in [0, 0.05) is 5.41 Å². The largest absolute Gasteiger partial charge is 0.491 e. The maximum Gasteiger partial charge on any atom is 0.314 e. The van der Waals surface area contributed by atoms with Crippen LogP contribution >= 0.6 is 0 Å². The van der Waals surface area contributed by atoms with Crippen LogP contribution in [0.3, 0.4) is 0 Å². The molecule has 0 heterocycles. The molecule has 3 heteroatoms. The van der Waals surface area contributed by atoms with Crippen molar-refractivity contribution in [2.24, 2.45) is 11.3 Å². The fourth-order valence-corrected chi connectivity index (χ4v) is 4.14. The van der Waals surface area contributed by atoms with Gasteiger partial charge in [-0.25, -0.2) is 0 Å². The molecule has 1 saturated carbocycles. The minimum absolute atomic E-state index is 0.0770. The van der Waals surface area contributed by atoms with Crippen LogP contribution in [0.2, 0.25) is 0 Å². The van der Waals surface area contributed by atoms with Crippen molar-refractivity contribution in [2.45, 2.75) is 92.6 Å². The summed E-state index contributed by atoms with van der Waals surface area (Å²) in [6.07, 6.45) is 20.1. The van der Waals surface area contributed by atoms with Crippen LogP contribution in [-0.2, 0) is 14.3 Å². The number of ether oxygens (including phenoxy) is 2. The molecule has 0 aromatic rings. The van der Waals surface area contributed by atoms with Gasteiger partial charge in [0.15, 0.2) is 0 Å². The fourth-order valence-electron chi connectivity index (χ4n) is 4.14. The van der Waals surface area contributed by atoms with Crippen LogP contribution in [0.25, 0.3) is 0 Å². The Labute approximate surface area is 196 Å². The highest BCUT2D eigenvalue weighted by molar-refractivity contribution is 5.73. The smallest absolute Gasteiger partial charge is 0.314 e. The van der Waals surface area contributed by atoms with Gasteiger partial charge < -0.3 is 9.47 Å². The Morgan fingerprint density at radius 3 is 1.88 bits per heavy atom. The summed E-state index contributed by atoms with van der Waals surface area (Å²) in [4.78, 5) is 12.1. The number of hydrogen-bond donors (Lipinski definition) is 0. The highest BCUT2D eigenvalue weighted by atomic mass is 16.5. The molecule has 1 aliphatic rings. The third-order valence-corrected chi connectivity index (χ3v) is 6.51. The first-order valence-corrected chi connectivity index (χ1v) is 12.2. The maximum atomic E-state index is 12.1. The van der Waals surface area contributed by atoms with Crippen LogP contribution in [0.1, 0.15) is 86.5 Å². The van der Waals surface area contributed by atoms with Gasteiger partial charge in [-0.3, -0.25) is 4.79 Å². The van der Waals surface area contributed by atoms with Gasteiger partial charge in [0.2, 0.25) is 0 Å². The van der Waals surface area contributed by atoms with E-state index >= 15 is 0 Å². The number of carbonyl (C=O) groups is 1. The van der Waals surface area contributed by atoms with Crippen LogP contribution in [0.15, 0.2) is 72.3 Å². The maximum absolute atomic E-state index is 12.1. The molecule has 0 aromatic carbocycles. The Balaban J connectivity index is 3.12. The molecule has 1 fully saturated rings. The standard InChI is InChI=1S/C29H44O3/c1-9-22(5)28(30)32-25(8)17-19-27(12-4)29(20-14-13-15-21-29)26(11-3)18-16-24(7)31-23(6)10-2/h11-12,16-19,22-23H,7-10,13-15,20-21H2,1-6H3/b18-16-,19-17-,26-11+,27-12+. The van der Waals surface area contributed by atoms with Gasteiger partial charge in [0.05, 0.1) is 12.0 Å². The quantitative estimate of drug-likeness (QED) is 0.174. The zero-order valence-electron chi connectivity index (χ0n) is 21.2. The van der Waals surface area contributed by atoms with Crippen LogP contribution in [0.5, 0.6) is 0 Å². The molecule has 0 amide bonds. The highest BCUT2D eigenvalue weighted by Gasteiger charge is 2.36. The Morgan fingerprint density at radius 2 is 1.41 bits per heavy atom. The SMILES string of the molecule is C=C(/C=C\C(=C/C)C1(C(/C=C\C(=C)OC(C)CC)=C/C)CCCCC1)OC(=O)C(C)CC. The third-order valence-electron chi connectivity index (χ3n) is 6.51. The monoisotopic (exact) mass is 440 g/mol. The molecule has 2 unspecified atom stereocenters. The second-order valence-electron chi connectivity index (χ2n) is 8.80. The minimum atomic E-state index is -0.228. The lowest BCUT2D eigenvalue weighted by atomic mass is 9.64. The molecule has 0 N–H and O–H groups in total. The van der Waals surface area contributed by atoms with Crippen molar-refractivity contribution in [3.63, 3.8) is 0 Å². The van der Waals surface area contributed by atoms with Crippen molar-refractivity contribution < 1.29 is 14.3 Å². The van der Waals surface area contributed by atoms with Crippen molar-refractivity contribution in [3.05, 3.63) is 72.3 Å². The van der Waals surface area contributed by atoms with E-state index in [-0.39, 0.29) is 23.4 Å². The van der Waals surface area contributed by atoms with E-state index in [1.807, 2.05) is 26.0 Å². The van der Waals surface area contributed by atoms with Crippen molar-refractivity contribution in [1.82, 2.24) is 0 Å². The molecule has 178 valence electrons. The van der Waals surface area contributed by atoms with E-state index in [1.165, 1.54) is 30.4 Å². The lowest BCUT2D eigenvalue weighted by Gasteiger charge is -2.40. The van der Waals surface area contributed by atoms with Gasteiger partial charge in [0.25, 0.3) is 0 Å². The second-order valence-corrected chi connectivity index (χ2v) is 8.80. The summed E-state index contributed by atoms with van der Waals surface area (Å²) in [7, 11) is 0. The fraction of sp³-hybridized carbons (Fsp3) is 0.552. The molecule has 2 atom stereocenters. The first kappa shape index (κ1) is 27.7. The topological polar surface area (TPSA) is 35.5 Å². The van der Waals surface area contributed by atoms with Crippen LogP contribution in [0, 0.1) is 11.3 Å². The van der Waals surface area contributed by atoms with E-state index in [9.17, 15) is 4.79 Å². The number of allylic oxidation sites excluding steroid dienone is 8. The predicted molar refractivity (Wildman–Crippen MR) is 136 cm³/mol. The summed E-state index contributed by atoms with van der Waals surface area (Å²) in [5, 5.41) is 0. The molecule has 32 heavy (non-hydrogen) atoms. The van der Waals surface area contributed by atoms with E-state index in [0.717, 1.165) is 25.7 Å². The zero-order chi connectivity index (χ0) is 24.1. The van der Waals surface area contributed by atoms with Crippen molar-refractivity contribution >= 4 is 5.97 Å². The van der Waals surface area contributed by atoms with E-state index in [4.69, 9.17) is 9.47 Å². The first-order valence-electron chi connectivity index (χ1n) is 12.2. The Hall–Kier alpha value is -2.29. The normalized spacial score (nSPS) is 19.1. The van der Waals surface area contributed by atoms with E-state index in [2.05, 4.69) is 65.2 Å². The van der Waals surface area contributed by atoms with Gasteiger partial charge in [-0.15, -0.1) is 0 Å². The van der Waals surface area contributed by atoms with Crippen molar-refractivity contribution in [2.75, 3.05) is 0 Å². The number of rotatable bonds is 12. The number of carbonyl (C=O) groups excluding carboxylic acids is 1. The molecule has 1 rings (SSSR count). The van der Waals surface area contributed by atoms with Gasteiger partial charge in [-0.2, -0.15) is 0 Å². The van der Waals surface area contributed by atoms with E-state index in [0.29, 0.717) is 11.5 Å². The van der Waals surface area contributed by atoms with Gasteiger partial charge in [-0.1, -0.05) is 77.5 Å². The zero-order valence-corrected chi connectivity index (χ0v) is 21.2. The molecule has 0 bridgehead atoms. The molecule has 0 aromatic heterocycles. The number of hydrogen-bond acceptors (Lipinski definition) is 3. The second kappa shape index (κ2) is 14.0. The molecule has 3 nitrogen and oxygen atoms in total. The summed E-state index contributed by atoms with van der Waals surface area (Å²) < 4.78 is 11.3.